The number of piperidine rings is 1. The number of fused-ring (bicyclic) bond motifs is 2. The highest BCUT2D eigenvalue weighted by molar-refractivity contribution is 7.90. The highest BCUT2D eigenvalue weighted by Gasteiger charge is 2.43. The summed E-state index contributed by atoms with van der Waals surface area (Å²) in [5, 5.41) is 3.01. The first-order chi connectivity index (χ1) is 17.1. The number of aromatic nitrogens is 1. The van der Waals surface area contributed by atoms with Gasteiger partial charge in [0.2, 0.25) is 5.91 Å². The fourth-order valence-corrected chi connectivity index (χ4v) is 5.70. The highest BCUT2D eigenvalue weighted by Crippen LogP contribution is 2.40. The number of sulfone groups is 1. The minimum Gasteiger partial charge on any atom is -0.492 e. The minimum absolute atomic E-state index is 0.0563. The van der Waals surface area contributed by atoms with Gasteiger partial charge in [0.25, 0.3) is 0 Å². The third kappa shape index (κ3) is 6.14. The molecule has 0 aliphatic carbocycles. The van der Waals surface area contributed by atoms with E-state index in [1.807, 2.05) is 0 Å². The fraction of sp³-hybridized carbons (Fsp3) is 0.520. The van der Waals surface area contributed by atoms with Gasteiger partial charge >= 0.3 is 6.18 Å². The van der Waals surface area contributed by atoms with Crippen molar-refractivity contribution in [2.75, 3.05) is 17.8 Å². The predicted molar refractivity (Wildman–Crippen MR) is 134 cm³/mol. The summed E-state index contributed by atoms with van der Waals surface area (Å²) in [6.45, 7) is 3.01. The third-order valence-electron chi connectivity index (χ3n) is 6.93. The SMILES string of the molecule is CC(C)(COc1ccc(Cl)cc1C(F)(F)F)C(=O)NC1C[C@H]2CC[C@@H](C1)N2c1ccc(S(C)(=O)=O)cn1. The number of rotatable bonds is 7. The summed E-state index contributed by atoms with van der Waals surface area (Å²) in [7, 11) is -3.33. The van der Waals surface area contributed by atoms with Crippen molar-refractivity contribution in [2.24, 2.45) is 5.41 Å². The Morgan fingerprint density at radius 3 is 2.35 bits per heavy atom. The first kappa shape index (κ1) is 27.5. The number of ether oxygens (including phenoxy) is 1. The number of amides is 1. The van der Waals surface area contributed by atoms with Gasteiger partial charge in [-0.3, -0.25) is 4.79 Å². The molecular weight excluding hydrogens is 531 g/mol. The molecule has 2 aliphatic heterocycles. The van der Waals surface area contributed by atoms with Gasteiger partial charge in [-0.2, -0.15) is 13.2 Å². The number of nitrogens with one attached hydrogen (secondary N) is 1. The number of halogens is 4. The second kappa shape index (κ2) is 9.98. The van der Waals surface area contributed by atoms with E-state index < -0.39 is 27.0 Å². The maximum absolute atomic E-state index is 13.4. The maximum Gasteiger partial charge on any atom is 0.420 e. The van der Waals surface area contributed by atoms with E-state index in [0.29, 0.717) is 18.7 Å². The Labute approximate surface area is 219 Å². The van der Waals surface area contributed by atoms with Crippen LogP contribution in [0.4, 0.5) is 19.0 Å². The Morgan fingerprint density at radius 1 is 1.16 bits per heavy atom. The first-order valence-electron chi connectivity index (χ1n) is 11.9. The predicted octanol–water partition coefficient (Wildman–Crippen LogP) is 4.88. The lowest BCUT2D eigenvalue weighted by atomic mass is 9.91. The van der Waals surface area contributed by atoms with Crippen molar-refractivity contribution < 1.29 is 31.1 Å². The molecule has 37 heavy (non-hydrogen) atoms. The summed E-state index contributed by atoms with van der Waals surface area (Å²) in [5.74, 6) is 0.0314. The summed E-state index contributed by atoms with van der Waals surface area (Å²) < 4.78 is 69.0. The molecule has 4 rings (SSSR count). The highest BCUT2D eigenvalue weighted by atomic mass is 35.5. The van der Waals surface area contributed by atoms with Crippen molar-refractivity contribution in [1.82, 2.24) is 10.3 Å². The van der Waals surface area contributed by atoms with Crippen LogP contribution in [0.1, 0.15) is 45.1 Å². The Hall–Kier alpha value is -2.53. The number of alkyl halides is 3. The van der Waals surface area contributed by atoms with E-state index in [1.165, 1.54) is 12.3 Å². The number of pyridine rings is 1. The average molecular weight is 560 g/mol. The standard InChI is InChI=1S/C25H29ClF3N3O4S/c1-24(2,14-36-21-8-4-15(26)10-20(21)25(27,28)29)23(33)31-16-11-17-5-6-18(12-16)32(17)22-9-7-19(13-30-22)37(3,34)35/h4,7-10,13,16-18H,5-6,11-12,14H2,1-3H3,(H,31,33)/t16?,17-,18+. The zero-order valence-electron chi connectivity index (χ0n) is 20.7. The van der Waals surface area contributed by atoms with Crippen molar-refractivity contribution in [1.29, 1.82) is 0 Å². The molecule has 2 saturated heterocycles. The van der Waals surface area contributed by atoms with Gasteiger partial charge < -0.3 is 15.0 Å². The monoisotopic (exact) mass is 559 g/mol. The molecule has 1 unspecified atom stereocenters. The molecule has 3 heterocycles. The van der Waals surface area contributed by atoms with Gasteiger partial charge in [-0.05, 0) is 69.9 Å². The summed E-state index contributed by atoms with van der Waals surface area (Å²) in [6, 6.07) is 6.72. The van der Waals surface area contributed by atoms with Crippen molar-refractivity contribution in [3.8, 4) is 5.75 Å². The number of carbonyl (C=O) groups excluding carboxylic acids is 1. The largest absolute Gasteiger partial charge is 0.492 e. The van der Waals surface area contributed by atoms with Gasteiger partial charge in [0, 0.05) is 35.6 Å². The molecule has 12 heteroatoms. The van der Waals surface area contributed by atoms with Crippen LogP contribution in [0.25, 0.3) is 0 Å². The molecule has 202 valence electrons. The van der Waals surface area contributed by atoms with E-state index in [4.69, 9.17) is 16.3 Å². The Kier molecular flexibility index (Phi) is 7.42. The number of hydrogen-bond donors (Lipinski definition) is 1. The smallest absolute Gasteiger partial charge is 0.420 e. The van der Waals surface area contributed by atoms with Crippen LogP contribution in [-0.4, -0.2) is 50.3 Å². The molecule has 0 saturated carbocycles. The van der Waals surface area contributed by atoms with Gasteiger partial charge in [-0.15, -0.1) is 0 Å². The summed E-state index contributed by atoms with van der Waals surface area (Å²) >= 11 is 5.72. The molecule has 1 aromatic carbocycles. The Morgan fingerprint density at radius 2 is 1.81 bits per heavy atom. The first-order valence-corrected chi connectivity index (χ1v) is 14.2. The molecule has 0 radical (unpaired) electrons. The molecule has 1 amide bonds. The van der Waals surface area contributed by atoms with Gasteiger partial charge in [-0.1, -0.05) is 11.6 Å². The Balaban J connectivity index is 1.38. The zero-order chi connectivity index (χ0) is 27.2. The lowest BCUT2D eigenvalue weighted by Gasteiger charge is -2.40. The van der Waals surface area contributed by atoms with Crippen molar-refractivity contribution in [3.63, 3.8) is 0 Å². The summed E-state index contributed by atoms with van der Waals surface area (Å²) in [5.41, 5.74) is -2.07. The van der Waals surface area contributed by atoms with Crippen LogP contribution in [0.3, 0.4) is 0 Å². The zero-order valence-corrected chi connectivity index (χ0v) is 22.3. The van der Waals surface area contributed by atoms with Crippen molar-refractivity contribution >= 4 is 33.2 Å². The second-order valence-corrected chi connectivity index (χ2v) is 12.8. The molecule has 1 N–H and O–H groups in total. The molecule has 2 bridgehead atoms. The van der Waals surface area contributed by atoms with Gasteiger partial charge in [-0.25, -0.2) is 13.4 Å². The van der Waals surface area contributed by atoms with Crippen LogP contribution < -0.4 is 15.0 Å². The third-order valence-corrected chi connectivity index (χ3v) is 8.26. The van der Waals surface area contributed by atoms with Gasteiger partial charge in [0.05, 0.1) is 15.9 Å². The molecule has 0 spiro atoms. The van der Waals surface area contributed by atoms with Crippen LogP contribution in [-0.2, 0) is 20.8 Å². The van der Waals surface area contributed by atoms with E-state index in [-0.39, 0.29) is 46.3 Å². The maximum atomic E-state index is 13.4. The van der Waals surface area contributed by atoms with Gasteiger partial charge in [0.1, 0.15) is 18.2 Å². The second-order valence-electron chi connectivity index (χ2n) is 10.4. The van der Waals surface area contributed by atoms with Crippen LogP contribution in [0.2, 0.25) is 5.02 Å². The van der Waals surface area contributed by atoms with Crippen molar-refractivity contribution in [3.05, 3.63) is 47.1 Å². The number of hydrogen-bond acceptors (Lipinski definition) is 6. The van der Waals surface area contributed by atoms with Crippen molar-refractivity contribution in [2.45, 2.75) is 68.7 Å². The van der Waals surface area contributed by atoms with E-state index in [0.717, 1.165) is 31.2 Å². The van der Waals surface area contributed by atoms with Crippen LogP contribution in [0, 0.1) is 5.41 Å². The molecule has 1 aromatic heterocycles. The molecular formula is C25H29ClF3N3O4S. The molecule has 2 aliphatic rings. The summed E-state index contributed by atoms with van der Waals surface area (Å²) in [4.78, 5) is 19.8. The van der Waals surface area contributed by atoms with E-state index in [1.54, 1.807) is 26.0 Å². The summed E-state index contributed by atoms with van der Waals surface area (Å²) in [6.07, 6.45) is 1.09. The van der Waals surface area contributed by atoms with Crippen LogP contribution >= 0.6 is 11.6 Å². The molecule has 2 aromatic rings. The number of anilines is 1. The number of nitrogens with zero attached hydrogens (tertiary/aromatic N) is 2. The van der Waals surface area contributed by atoms with E-state index in [9.17, 15) is 26.4 Å². The van der Waals surface area contributed by atoms with Gasteiger partial charge in [0.15, 0.2) is 9.84 Å². The molecule has 3 atom stereocenters. The van der Waals surface area contributed by atoms with Crippen LogP contribution in [0.15, 0.2) is 41.4 Å². The average Bonchev–Trinajstić information content (AvgIpc) is 3.07. The normalized spacial score (nSPS) is 22.1. The molecule has 7 nitrogen and oxygen atoms in total. The Bertz CT molecular complexity index is 1250. The number of carbonyl (C=O) groups is 1. The fourth-order valence-electron chi connectivity index (χ4n) is 4.97. The molecule has 2 fully saturated rings. The van der Waals surface area contributed by atoms with E-state index in [2.05, 4.69) is 15.2 Å². The minimum atomic E-state index is -4.64. The quantitative estimate of drug-likeness (QED) is 0.520. The number of benzene rings is 1. The topological polar surface area (TPSA) is 88.6 Å². The van der Waals surface area contributed by atoms with E-state index >= 15 is 0 Å². The lowest BCUT2D eigenvalue weighted by molar-refractivity contribution is -0.139. The van der Waals surface area contributed by atoms with Crippen LogP contribution in [0.5, 0.6) is 5.75 Å². The lowest BCUT2D eigenvalue weighted by Crippen LogP contribution is -2.53.